The highest BCUT2D eigenvalue weighted by molar-refractivity contribution is 5.85. The summed E-state index contributed by atoms with van der Waals surface area (Å²) in [6.45, 7) is 5.76. The summed E-state index contributed by atoms with van der Waals surface area (Å²) in [7, 11) is 0. The number of carbonyl (C=O) groups excluding carboxylic acids is 1. The minimum absolute atomic E-state index is 0. The van der Waals surface area contributed by atoms with Gasteiger partial charge in [-0.25, -0.2) is 4.39 Å². The van der Waals surface area contributed by atoms with Crippen LogP contribution in [0.15, 0.2) is 24.3 Å². The summed E-state index contributed by atoms with van der Waals surface area (Å²) in [5.41, 5.74) is 1.06. The van der Waals surface area contributed by atoms with Crippen LogP contribution in [-0.2, 0) is 11.3 Å². The second kappa shape index (κ2) is 9.51. The number of halogens is 2. The number of hydrogen-bond donors (Lipinski definition) is 2. The van der Waals surface area contributed by atoms with Crippen molar-refractivity contribution < 1.29 is 9.18 Å². The zero-order valence-corrected chi connectivity index (χ0v) is 15.7. The maximum absolute atomic E-state index is 13.1. The number of nitrogens with one attached hydrogen (secondary N) is 2. The molecule has 2 heterocycles. The molecule has 0 aliphatic carbocycles. The Morgan fingerprint density at radius 1 is 1.28 bits per heavy atom. The Balaban J connectivity index is 0.00000225. The maximum atomic E-state index is 13.1. The molecule has 1 aromatic rings. The molecule has 0 aromatic heterocycles. The average Bonchev–Trinajstić information content (AvgIpc) is 2.59. The number of nitrogens with zero attached hydrogens (tertiary/aromatic N) is 1. The highest BCUT2D eigenvalue weighted by Gasteiger charge is 2.31. The third-order valence-electron chi connectivity index (χ3n) is 5.33. The summed E-state index contributed by atoms with van der Waals surface area (Å²) in [6.07, 6.45) is 4.12. The van der Waals surface area contributed by atoms with E-state index < -0.39 is 0 Å². The minimum atomic E-state index is -0.216. The Kier molecular flexibility index (Phi) is 7.66. The number of rotatable bonds is 4. The van der Waals surface area contributed by atoms with Crippen LogP contribution in [0.4, 0.5) is 4.39 Å². The van der Waals surface area contributed by atoms with Gasteiger partial charge in [-0.15, -0.1) is 12.4 Å². The molecule has 2 saturated heterocycles. The van der Waals surface area contributed by atoms with E-state index in [1.165, 1.54) is 12.1 Å². The Morgan fingerprint density at radius 2 is 2.04 bits per heavy atom. The first-order valence-corrected chi connectivity index (χ1v) is 9.13. The van der Waals surface area contributed by atoms with Crippen molar-refractivity contribution in [2.75, 3.05) is 19.6 Å². The van der Waals surface area contributed by atoms with Crippen LogP contribution < -0.4 is 10.6 Å². The smallest absolute Gasteiger partial charge is 0.237 e. The van der Waals surface area contributed by atoms with Crippen molar-refractivity contribution in [3.63, 3.8) is 0 Å². The van der Waals surface area contributed by atoms with Crippen LogP contribution >= 0.6 is 12.4 Å². The third-order valence-corrected chi connectivity index (χ3v) is 5.33. The van der Waals surface area contributed by atoms with Crippen molar-refractivity contribution in [2.45, 2.75) is 51.2 Å². The van der Waals surface area contributed by atoms with Crippen molar-refractivity contribution in [1.82, 2.24) is 15.5 Å². The monoisotopic (exact) mass is 369 g/mol. The maximum Gasteiger partial charge on any atom is 0.237 e. The van der Waals surface area contributed by atoms with Crippen molar-refractivity contribution in [3.8, 4) is 0 Å². The fraction of sp³-hybridized carbons (Fsp3) is 0.632. The number of piperidine rings is 2. The largest absolute Gasteiger partial charge is 0.352 e. The van der Waals surface area contributed by atoms with Crippen LogP contribution in [0.3, 0.4) is 0 Å². The lowest BCUT2D eigenvalue weighted by atomic mass is 9.94. The topological polar surface area (TPSA) is 44.4 Å². The fourth-order valence-electron chi connectivity index (χ4n) is 3.81. The molecule has 2 N–H and O–H groups in total. The van der Waals surface area contributed by atoms with E-state index in [1.54, 1.807) is 0 Å². The molecule has 1 aromatic carbocycles. The highest BCUT2D eigenvalue weighted by Crippen LogP contribution is 2.21. The Labute approximate surface area is 156 Å². The Morgan fingerprint density at radius 3 is 2.76 bits per heavy atom. The van der Waals surface area contributed by atoms with E-state index in [4.69, 9.17) is 0 Å². The Bertz CT molecular complexity index is 554. The molecule has 0 saturated carbocycles. The molecule has 3 atom stereocenters. The summed E-state index contributed by atoms with van der Waals surface area (Å²) in [5, 5.41) is 6.65. The van der Waals surface area contributed by atoms with Gasteiger partial charge >= 0.3 is 0 Å². The molecule has 2 aliphatic rings. The van der Waals surface area contributed by atoms with E-state index in [0.29, 0.717) is 12.5 Å². The molecule has 6 heteroatoms. The van der Waals surface area contributed by atoms with Gasteiger partial charge in [-0.1, -0.05) is 25.5 Å². The summed E-state index contributed by atoms with van der Waals surface area (Å²) in [5.74, 6) is 0.416. The van der Waals surface area contributed by atoms with E-state index in [1.807, 2.05) is 12.1 Å². The van der Waals surface area contributed by atoms with Crippen LogP contribution in [-0.4, -0.2) is 42.5 Å². The van der Waals surface area contributed by atoms with E-state index in [0.717, 1.165) is 50.9 Å². The zero-order valence-electron chi connectivity index (χ0n) is 14.8. The van der Waals surface area contributed by atoms with Crippen LogP contribution in [0, 0.1) is 11.7 Å². The van der Waals surface area contributed by atoms with Crippen molar-refractivity contribution in [2.24, 2.45) is 5.92 Å². The van der Waals surface area contributed by atoms with Gasteiger partial charge in [0.05, 0.1) is 6.04 Å². The van der Waals surface area contributed by atoms with Gasteiger partial charge in [-0.2, -0.15) is 0 Å². The number of benzene rings is 1. The summed E-state index contributed by atoms with van der Waals surface area (Å²) >= 11 is 0. The first-order valence-electron chi connectivity index (χ1n) is 9.13. The number of carbonyl (C=O) groups is 1. The van der Waals surface area contributed by atoms with Crippen LogP contribution in [0.25, 0.3) is 0 Å². The standard InChI is InChI=1S/C19H28FN3O.ClH/c1-14-12-21-10-9-17(14)22-19(24)18-4-2-3-11-23(18)13-15-5-7-16(20)8-6-15;/h5-8,14,17-18,21H,2-4,9-13H2,1H3,(H,22,24);1H. The van der Waals surface area contributed by atoms with Crippen LogP contribution in [0.1, 0.15) is 38.2 Å². The summed E-state index contributed by atoms with van der Waals surface area (Å²) < 4.78 is 13.1. The molecular formula is C19H29ClFN3O. The molecule has 2 fully saturated rings. The van der Waals surface area contributed by atoms with Crippen molar-refractivity contribution in [1.29, 1.82) is 0 Å². The molecule has 4 nitrogen and oxygen atoms in total. The number of amides is 1. The molecule has 2 aliphatic heterocycles. The SMILES string of the molecule is CC1CNCCC1NC(=O)C1CCCCN1Cc1ccc(F)cc1.Cl. The van der Waals surface area contributed by atoms with Crippen LogP contribution in [0.5, 0.6) is 0 Å². The molecular weight excluding hydrogens is 341 g/mol. The van der Waals surface area contributed by atoms with Gasteiger partial charge in [-0.3, -0.25) is 9.69 Å². The zero-order chi connectivity index (χ0) is 16.9. The van der Waals surface area contributed by atoms with Crippen molar-refractivity contribution in [3.05, 3.63) is 35.6 Å². The number of hydrogen-bond acceptors (Lipinski definition) is 3. The lowest BCUT2D eigenvalue weighted by molar-refractivity contribution is -0.129. The van der Waals surface area contributed by atoms with Crippen molar-refractivity contribution >= 4 is 18.3 Å². The summed E-state index contributed by atoms with van der Waals surface area (Å²) in [4.78, 5) is 15.1. The van der Waals surface area contributed by atoms with E-state index in [-0.39, 0.29) is 36.2 Å². The second-order valence-corrected chi connectivity index (χ2v) is 7.19. The first-order chi connectivity index (χ1) is 11.6. The molecule has 3 unspecified atom stereocenters. The molecule has 0 radical (unpaired) electrons. The molecule has 3 rings (SSSR count). The lowest BCUT2D eigenvalue weighted by Crippen LogP contribution is -2.55. The molecule has 0 bridgehead atoms. The highest BCUT2D eigenvalue weighted by atomic mass is 35.5. The van der Waals surface area contributed by atoms with E-state index in [2.05, 4.69) is 22.5 Å². The molecule has 1 amide bonds. The normalized spacial score (nSPS) is 27.4. The van der Waals surface area contributed by atoms with E-state index in [9.17, 15) is 9.18 Å². The van der Waals surface area contributed by atoms with Gasteiger partial charge in [-0.05, 0) is 62.5 Å². The lowest BCUT2D eigenvalue weighted by Gasteiger charge is -2.37. The van der Waals surface area contributed by atoms with Gasteiger partial charge in [0.2, 0.25) is 5.91 Å². The molecule has 25 heavy (non-hydrogen) atoms. The second-order valence-electron chi connectivity index (χ2n) is 7.19. The first kappa shape index (κ1) is 20.1. The van der Waals surface area contributed by atoms with Gasteiger partial charge in [0.25, 0.3) is 0 Å². The quantitative estimate of drug-likeness (QED) is 0.857. The van der Waals surface area contributed by atoms with Gasteiger partial charge in [0.15, 0.2) is 0 Å². The predicted octanol–water partition coefficient (Wildman–Crippen LogP) is 2.72. The predicted molar refractivity (Wildman–Crippen MR) is 100 cm³/mol. The Hall–Kier alpha value is -1.17. The summed E-state index contributed by atoms with van der Waals surface area (Å²) in [6, 6.07) is 6.82. The average molecular weight is 370 g/mol. The number of likely N-dealkylation sites (tertiary alicyclic amines) is 1. The fourth-order valence-corrected chi connectivity index (χ4v) is 3.81. The molecule has 140 valence electrons. The van der Waals surface area contributed by atoms with Crippen LogP contribution in [0.2, 0.25) is 0 Å². The van der Waals surface area contributed by atoms with E-state index >= 15 is 0 Å². The minimum Gasteiger partial charge on any atom is -0.352 e. The van der Waals surface area contributed by atoms with Gasteiger partial charge in [0.1, 0.15) is 5.82 Å². The molecule has 0 spiro atoms. The third kappa shape index (κ3) is 5.40. The van der Waals surface area contributed by atoms with Gasteiger partial charge in [0, 0.05) is 12.6 Å². The van der Waals surface area contributed by atoms with Gasteiger partial charge < -0.3 is 10.6 Å².